The second kappa shape index (κ2) is 29.3. The molecule has 1 aliphatic rings. The van der Waals surface area contributed by atoms with Gasteiger partial charge in [-0.15, -0.1) is 0 Å². The van der Waals surface area contributed by atoms with Crippen LogP contribution in [0.5, 0.6) is 0 Å². The number of aliphatic carboxylic acids is 1. The van der Waals surface area contributed by atoms with Gasteiger partial charge in [0, 0.05) is 26.1 Å². The molecule has 0 aromatic heterocycles. The summed E-state index contributed by atoms with van der Waals surface area (Å²) in [7, 11) is 0. The quantitative estimate of drug-likeness (QED) is 0.0181. The smallest absolute Gasteiger partial charge is 0.326 e. The first-order valence-corrected chi connectivity index (χ1v) is 22.1. The van der Waals surface area contributed by atoms with E-state index in [1.54, 1.807) is 27.7 Å². The fourth-order valence-electron chi connectivity index (χ4n) is 6.83. The first kappa shape index (κ1) is 58.7. The first-order valence-electron chi connectivity index (χ1n) is 22.1. The number of carboxylic acids is 1. The van der Waals surface area contributed by atoms with E-state index < -0.39 is 133 Å². The lowest BCUT2D eigenvalue weighted by Gasteiger charge is -2.31. The van der Waals surface area contributed by atoms with Crippen molar-refractivity contribution >= 4 is 65.1 Å². The highest BCUT2D eigenvalue weighted by atomic mass is 16.4. The molecule has 1 rings (SSSR count). The minimum atomic E-state index is -1.69. The summed E-state index contributed by atoms with van der Waals surface area (Å²) in [5.74, 6) is -9.48. The van der Waals surface area contributed by atoms with Gasteiger partial charge in [-0.05, 0) is 70.1 Å². The largest absolute Gasteiger partial charge is 0.480 e. The average Bonchev–Trinajstić information content (AvgIpc) is 3.74. The Morgan fingerprint density at radius 3 is 1.66 bits per heavy atom. The molecule has 1 saturated heterocycles. The van der Waals surface area contributed by atoms with Crippen LogP contribution in [0, 0.1) is 11.8 Å². The highest BCUT2D eigenvalue weighted by molar-refractivity contribution is 5.98. The van der Waals surface area contributed by atoms with Crippen LogP contribution in [0.1, 0.15) is 92.4 Å². The average molecular weight is 956 g/mol. The third-order valence-corrected chi connectivity index (χ3v) is 10.5. The number of hydrogen-bond donors (Lipinski definition) is 15. The van der Waals surface area contributed by atoms with E-state index in [2.05, 4.69) is 41.9 Å². The monoisotopic (exact) mass is 956 g/mol. The zero-order valence-corrected chi connectivity index (χ0v) is 38.9. The molecule has 0 bridgehead atoms. The van der Waals surface area contributed by atoms with Crippen molar-refractivity contribution in [2.24, 2.45) is 56.2 Å². The van der Waals surface area contributed by atoms with Crippen molar-refractivity contribution < 1.29 is 58.5 Å². The third-order valence-electron chi connectivity index (χ3n) is 10.5. The van der Waals surface area contributed by atoms with Crippen molar-refractivity contribution in [2.45, 2.75) is 147 Å². The summed E-state index contributed by atoms with van der Waals surface area (Å²) in [6.45, 7) is 7.22. The summed E-state index contributed by atoms with van der Waals surface area (Å²) in [4.78, 5) is 128. The van der Waals surface area contributed by atoms with E-state index in [1.807, 2.05) is 0 Å². The van der Waals surface area contributed by atoms with Crippen LogP contribution < -0.4 is 66.3 Å². The zero-order valence-electron chi connectivity index (χ0n) is 38.9. The van der Waals surface area contributed by atoms with E-state index in [0.29, 0.717) is 6.42 Å². The van der Waals surface area contributed by atoms with Gasteiger partial charge in [-0.3, -0.25) is 48.3 Å². The summed E-state index contributed by atoms with van der Waals surface area (Å²) in [6.07, 6.45) is -1.12. The molecule has 0 saturated carbocycles. The number of aliphatic hydroxyl groups is 2. The molecular formula is C40H73N15O12. The summed E-state index contributed by atoms with van der Waals surface area (Å²) < 4.78 is 0. The lowest BCUT2D eigenvalue weighted by Crippen LogP contribution is -2.61. The van der Waals surface area contributed by atoms with Crippen LogP contribution in [0.25, 0.3) is 0 Å². The van der Waals surface area contributed by atoms with E-state index in [-0.39, 0.29) is 76.0 Å². The van der Waals surface area contributed by atoms with Gasteiger partial charge in [-0.2, -0.15) is 0 Å². The van der Waals surface area contributed by atoms with E-state index >= 15 is 0 Å². The number of guanidine groups is 2. The molecule has 1 fully saturated rings. The molecule has 1 aliphatic heterocycles. The summed E-state index contributed by atoms with van der Waals surface area (Å²) in [5.41, 5.74) is 32.6. The number of hydrogen-bond acceptors (Lipinski definition) is 14. The number of rotatable bonds is 30. The molecule has 0 aromatic rings. The summed E-state index contributed by atoms with van der Waals surface area (Å²) >= 11 is 0. The van der Waals surface area contributed by atoms with Gasteiger partial charge in [-0.1, -0.05) is 27.7 Å². The number of carboxylic acid groups (broad SMARTS) is 1. The molecule has 0 spiro atoms. The topological polar surface area (TPSA) is 471 Å². The van der Waals surface area contributed by atoms with Crippen LogP contribution in [0.4, 0.5) is 0 Å². The molecule has 9 unspecified atom stereocenters. The number of amides is 8. The van der Waals surface area contributed by atoms with E-state index in [4.69, 9.17) is 34.4 Å². The molecular weight excluding hydrogens is 883 g/mol. The fourth-order valence-corrected chi connectivity index (χ4v) is 6.83. The third kappa shape index (κ3) is 21.2. The number of nitrogens with two attached hydrogens (primary N) is 6. The molecule has 67 heavy (non-hydrogen) atoms. The van der Waals surface area contributed by atoms with Gasteiger partial charge >= 0.3 is 5.97 Å². The van der Waals surface area contributed by atoms with E-state index in [1.165, 1.54) is 11.8 Å². The van der Waals surface area contributed by atoms with Gasteiger partial charge in [0.2, 0.25) is 47.3 Å². The van der Waals surface area contributed by atoms with Crippen molar-refractivity contribution in [3.05, 3.63) is 0 Å². The number of aliphatic hydroxyl groups excluding tert-OH is 2. The van der Waals surface area contributed by atoms with Crippen LogP contribution in [0.3, 0.4) is 0 Å². The lowest BCUT2D eigenvalue weighted by molar-refractivity contribution is -0.145. The predicted molar refractivity (Wildman–Crippen MR) is 243 cm³/mol. The number of aliphatic imine (C=N–C) groups is 2. The molecule has 0 aliphatic carbocycles. The van der Waals surface area contributed by atoms with Crippen molar-refractivity contribution in [3.8, 4) is 0 Å². The molecule has 27 nitrogen and oxygen atoms in total. The lowest BCUT2D eigenvalue weighted by atomic mass is 10.0. The number of carbonyl (C=O) groups excluding carboxylic acids is 8. The van der Waals surface area contributed by atoms with Gasteiger partial charge in [0.25, 0.3) is 0 Å². The number of nitrogens with zero attached hydrogens (tertiary/aromatic N) is 3. The van der Waals surface area contributed by atoms with E-state index in [9.17, 15) is 58.5 Å². The van der Waals surface area contributed by atoms with Gasteiger partial charge in [0.05, 0.1) is 12.7 Å². The van der Waals surface area contributed by atoms with Crippen LogP contribution in [0.15, 0.2) is 9.98 Å². The standard InChI is InChI=1S/C40H73N15O12/c1-19(2)17-25(52-35(63)29(42)21(5)57)32(60)53-26(18-56)33(61)49-22(12-13-28(41)58)31(59)54-30(20(3)4)36(64)50-23(9-6-14-47-39(43)44)37(65)55-16-8-11-27(55)34(62)51-24(38(66)67)10-7-15-48-40(45)46/h19-27,29-30,56-57H,6-18,42H2,1-5H3,(H2,41,58)(H,49,61)(H,50,64)(H,51,62)(H,52,63)(H,53,60)(H,54,59)(H,66,67)(H4,43,44,47)(H4,45,46,48). The maximum Gasteiger partial charge on any atom is 0.326 e. The Labute approximate surface area is 389 Å². The normalized spacial score (nSPS) is 17.0. The molecule has 0 radical (unpaired) electrons. The van der Waals surface area contributed by atoms with Gasteiger partial charge in [0.1, 0.15) is 48.3 Å². The Balaban J connectivity index is 3.36. The van der Waals surface area contributed by atoms with Crippen LogP contribution in [-0.4, -0.2) is 166 Å². The Morgan fingerprint density at radius 1 is 0.657 bits per heavy atom. The van der Waals surface area contributed by atoms with Crippen LogP contribution in [0.2, 0.25) is 0 Å². The molecule has 9 atom stereocenters. The van der Waals surface area contributed by atoms with Crippen molar-refractivity contribution in [2.75, 3.05) is 26.2 Å². The molecule has 380 valence electrons. The fraction of sp³-hybridized carbons (Fsp3) is 0.725. The molecule has 21 N–H and O–H groups in total. The van der Waals surface area contributed by atoms with Crippen LogP contribution >= 0.6 is 0 Å². The van der Waals surface area contributed by atoms with E-state index in [0.717, 1.165) is 0 Å². The van der Waals surface area contributed by atoms with Gasteiger partial charge in [-0.25, -0.2) is 4.79 Å². The summed E-state index contributed by atoms with van der Waals surface area (Å²) in [5, 5.41) is 44.4. The first-order chi connectivity index (χ1) is 31.3. The molecule has 27 heteroatoms. The zero-order chi connectivity index (χ0) is 51.1. The molecule has 0 aromatic carbocycles. The second-order valence-electron chi connectivity index (χ2n) is 17.0. The Morgan fingerprint density at radius 2 is 1.16 bits per heavy atom. The van der Waals surface area contributed by atoms with Crippen LogP contribution in [-0.2, 0) is 43.2 Å². The highest BCUT2D eigenvalue weighted by Crippen LogP contribution is 2.21. The van der Waals surface area contributed by atoms with Gasteiger partial charge in [0.15, 0.2) is 11.9 Å². The minimum Gasteiger partial charge on any atom is -0.480 e. The molecule has 1 heterocycles. The summed E-state index contributed by atoms with van der Waals surface area (Å²) in [6, 6.07) is -11.0. The second-order valence-corrected chi connectivity index (χ2v) is 17.0. The Hall–Kier alpha value is -6.35. The van der Waals surface area contributed by atoms with Crippen molar-refractivity contribution in [1.29, 1.82) is 0 Å². The van der Waals surface area contributed by atoms with Gasteiger partial charge < -0.3 is 86.5 Å². The maximum absolute atomic E-state index is 14.2. The van der Waals surface area contributed by atoms with Crippen molar-refractivity contribution in [3.63, 3.8) is 0 Å². The maximum atomic E-state index is 14.2. The van der Waals surface area contributed by atoms with Crippen molar-refractivity contribution in [1.82, 2.24) is 36.8 Å². The Kier molecular flexibility index (Phi) is 25.7. The number of primary amides is 1. The number of carbonyl (C=O) groups is 9. The highest BCUT2D eigenvalue weighted by Gasteiger charge is 2.40. The Bertz CT molecular complexity index is 1770. The SMILES string of the molecule is CC(C)CC(NC(=O)C(N)C(C)O)C(=O)NC(CO)C(=O)NC(CCC(N)=O)C(=O)NC(C(=O)NC(CCCN=C(N)N)C(=O)N1CCCC1C(=O)NC(CCCN=C(N)N)C(=O)O)C(C)C. The minimum absolute atomic E-state index is 0.0160. The molecule has 8 amide bonds. The number of nitrogens with one attached hydrogen (secondary N) is 6. The predicted octanol–water partition coefficient (Wildman–Crippen LogP) is -6.25. The number of likely N-dealkylation sites (tertiary alicyclic amines) is 1.